The lowest BCUT2D eigenvalue weighted by molar-refractivity contribution is 0.0594. The number of ether oxygens (including phenoxy) is 1. The minimum absolute atomic E-state index is 0.0862. The number of rotatable bonds is 5. The van der Waals surface area contributed by atoms with Crippen LogP contribution in [0.3, 0.4) is 0 Å². The van der Waals surface area contributed by atoms with Gasteiger partial charge in [0.2, 0.25) is 5.89 Å². The second-order valence-electron chi connectivity index (χ2n) is 6.93. The lowest BCUT2D eigenvalue weighted by Crippen LogP contribution is -2.43. The van der Waals surface area contributed by atoms with Crippen molar-refractivity contribution in [2.24, 2.45) is 0 Å². The Bertz CT molecular complexity index is 846. The Kier molecular flexibility index (Phi) is 6.57. The van der Waals surface area contributed by atoms with E-state index in [1.165, 1.54) is 19.8 Å². The number of carbonyl (C=O) groups is 2. The maximum atomic E-state index is 13.0. The highest BCUT2D eigenvalue weighted by molar-refractivity contribution is 6.31. The quantitative estimate of drug-likeness (QED) is 0.723. The predicted molar refractivity (Wildman–Crippen MR) is 105 cm³/mol. The molecule has 0 saturated heterocycles. The Morgan fingerprint density at radius 3 is 2.75 bits per heavy atom. The minimum atomic E-state index is -0.571. The van der Waals surface area contributed by atoms with E-state index < -0.39 is 5.97 Å². The number of nitrogens with one attached hydrogen (secondary N) is 1. The monoisotopic (exact) mass is 405 g/mol. The Hall–Kier alpha value is -2.54. The standard InChI is InChI=1S/C20H24ClN3O4/c1-13-8-9-14(10-16(13)21)22-20(26)24(15-6-4-3-5-7-15)11-18-23-17(12-28-18)19(25)27-2/h8-10,12,15H,3-7,11H2,1-2H3,(H,22,26). The van der Waals surface area contributed by atoms with Crippen LogP contribution in [-0.2, 0) is 11.3 Å². The van der Waals surface area contributed by atoms with E-state index in [-0.39, 0.29) is 24.3 Å². The normalized spacial score (nSPS) is 14.5. The molecule has 1 aliphatic carbocycles. The number of carbonyl (C=O) groups excluding carboxylic acids is 2. The Morgan fingerprint density at radius 1 is 1.32 bits per heavy atom. The molecule has 2 aromatic rings. The first kappa shape index (κ1) is 20.2. The molecule has 150 valence electrons. The first-order chi connectivity index (χ1) is 13.5. The molecule has 1 fully saturated rings. The summed E-state index contributed by atoms with van der Waals surface area (Å²) < 4.78 is 10.0. The van der Waals surface area contributed by atoms with E-state index in [2.05, 4.69) is 15.0 Å². The van der Waals surface area contributed by atoms with Crippen LogP contribution in [0.1, 0.15) is 54.0 Å². The van der Waals surface area contributed by atoms with Crippen LogP contribution in [0.2, 0.25) is 5.02 Å². The molecule has 0 bridgehead atoms. The van der Waals surface area contributed by atoms with Crippen molar-refractivity contribution in [1.29, 1.82) is 0 Å². The third kappa shape index (κ3) is 4.84. The van der Waals surface area contributed by atoms with E-state index in [1.807, 2.05) is 19.1 Å². The molecule has 0 aliphatic heterocycles. The molecular formula is C20H24ClN3O4. The lowest BCUT2D eigenvalue weighted by atomic mass is 9.94. The molecule has 7 nitrogen and oxygen atoms in total. The lowest BCUT2D eigenvalue weighted by Gasteiger charge is -2.33. The summed E-state index contributed by atoms with van der Waals surface area (Å²) in [5, 5.41) is 3.50. The van der Waals surface area contributed by atoms with Gasteiger partial charge in [-0.25, -0.2) is 14.6 Å². The number of urea groups is 1. The average Bonchev–Trinajstić information content (AvgIpc) is 3.17. The van der Waals surface area contributed by atoms with Gasteiger partial charge in [-0.1, -0.05) is 36.9 Å². The van der Waals surface area contributed by atoms with Crippen molar-refractivity contribution in [3.8, 4) is 0 Å². The maximum Gasteiger partial charge on any atom is 0.360 e. The van der Waals surface area contributed by atoms with Gasteiger partial charge in [0.1, 0.15) is 6.26 Å². The van der Waals surface area contributed by atoms with Crippen LogP contribution >= 0.6 is 11.6 Å². The Morgan fingerprint density at radius 2 is 2.07 bits per heavy atom. The molecule has 3 rings (SSSR count). The van der Waals surface area contributed by atoms with Crippen molar-refractivity contribution < 1.29 is 18.7 Å². The first-order valence-electron chi connectivity index (χ1n) is 9.34. The highest BCUT2D eigenvalue weighted by atomic mass is 35.5. The van der Waals surface area contributed by atoms with Gasteiger partial charge in [0.05, 0.1) is 13.7 Å². The fourth-order valence-corrected chi connectivity index (χ4v) is 3.53. The fraction of sp³-hybridized carbons (Fsp3) is 0.450. The molecule has 0 spiro atoms. The van der Waals surface area contributed by atoms with E-state index in [0.717, 1.165) is 31.2 Å². The molecule has 1 aromatic heterocycles. The van der Waals surface area contributed by atoms with E-state index in [4.69, 9.17) is 16.0 Å². The second-order valence-corrected chi connectivity index (χ2v) is 7.34. The Labute approximate surface area is 169 Å². The number of aromatic nitrogens is 1. The van der Waals surface area contributed by atoms with Gasteiger partial charge in [0.15, 0.2) is 5.69 Å². The first-order valence-corrected chi connectivity index (χ1v) is 9.72. The molecule has 0 atom stereocenters. The van der Waals surface area contributed by atoms with E-state index >= 15 is 0 Å². The van der Waals surface area contributed by atoms with E-state index in [0.29, 0.717) is 16.6 Å². The number of hydrogen-bond donors (Lipinski definition) is 1. The summed E-state index contributed by atoms with van der Waals surface area (Å²) in [7, 11) is 1.28. The fourth-order valence-electron chi connectivity index (χ4n) is 3.35. The Balaban J connectivity index is 1.77. The molecule has 8 heteroatoms. The van der Waals surface area contributed by atoms with Crippen molar-refractivity contribution in [2.45, 2.75) is 51.6 Å². The van der Waals surface area contributed by atoms with Crippen LogP contribution < -0.4 is 5.32 Å². The van der Waals surface area contributed by atoms with Gasteiger partial charge in [0.25, 0.3) is 0 Å². The molecule has 1 saturated carbocycles. The topological polar surface area (TPSA) is 84.7 Å². The summed E-state index contributed by atoms with van der Waals surface area (Å²) in [6, 6.07) is 5.25. The van der Waals surface area contributed by atoms with Crippen LogP contribution in [0.15, 0.2) is 28.9 Å². The summed E-state index contributed by atoms with van der Waals surface area (Å²) in [6.07, 6.45) is 6.41. The van der Waals surface area contributed by atoms with Crippen LogP contribution in [0.5, 0.6) is 0 Å². The van der Waals surface area contributed by atoms with Crippen molar-refractivity contribution in [3.63, 3.8) is 0 Å². The van der Waals surface area contributed by atoms with Gasteiger partial charge in [-0.2, -0.15) is 0 Å². The number of esters is 1. The zero-order chi connectivity index (χ0) is 20.1. The molecule has 1 aromatic carbocycles. The van der Waals surface area contributed by atoms with E-state index in [1.54, 1.807) is 11.0 Å². The summed E-state index contributed by atoms with van der Waals surface area (Å²) in [4.78, 5) is 30.5. The van der Waals surface area contributed by atoms with Crippen molar-refractivity contribution >= 4 is 29.3 Å². The number of amides is 2. The van der Waals surface area contributed by atoms with Gasteiger partial charge in [-0.3, -0.25) is 0 Å². The van der Waals surface area contributed by atoms with Gasteiger partial charge in [-0.15, -0.1) is 0 Å². The minimum Gasteiger partial charge on any atom is -0.464 e. The molecule has 1 N–H and O–H groups in total. The van der Waals surface area contributed by atoms with Crippen LogP contribution in [0, 0.1) is 6.92 Å². The zero-order valence-corrected chi connectivity index (χ0v) is 16.8. The zero-order valence-electron chi connectivity index (χ0n) is 16.0. The molecular weight excluding hydrogens is 382 g/mol. The highest BCUT2D eigenvalue weighted by Crippen LogP contribution is 2.26. The van der Waals surface area contributed by atoms with Gasteiger partial charge in [-0.05, 0) is 37.5 Å². The van der Waals surface area contributed by atoms with Gasteiger partial charge >= 0.3 is 12.0 Å². The molecule has 28 heavy (non-hydrogen) atoms. The maximum absolute atomic E-state index is 13.0. The molecule has 1 heterocycles. The molecule has 0 unspecified atom stereocenters. The van der Waals surface area contributed by atoms with Crippen molar-refractivity contribution in [1.82, 2.24) is 9.88 Å². The smallest absolute Gasteiger partial charge is 0.360 e. The molecule has 2 amide bonds. The number of aryl methyl sites for hydroxylation is 1. The van der Waals surface area contributed by atoms with Gasteiger partial charge in [0, 0.05) is 16.8 Å². The number of benzene rings is 1. The highest BCUT2D eigenvalue weighted by Gasteiger charge is 2.27. The number of hydrogen-bond acceptors (Lipinski definition) is 5. The number of anilines is 1. The van der Waals surface area contributed by atoms with Crippen molar-refractivity contribution in [3.05, 3.63) is 46.6 Å². The predicted octanol–water partition coefficient (Wildman–Crippen LogP) is 4.79. The summed E-state index contributed by atoms with van der Waals surface area (Å²) in [5.74, 6) is -0.277. The van der Waals surface area contributed by atoms with Crippen LogP contribution in [0.25, 0.3) is 0 Å². The molecule has 0 radical (unpaired) electrons. The SMILES string of the molecule is COC(=O)c1coc(CN(C(=O)Nc2ccc(C)c(Cl)c2)C2CCCCC2)n1. The summed E-state index contributed by atoms with van der Waals surface area (Å²) >= 11 is 6.17. The summed E-state index contributed by atoms with van der Waals surface area (Å²) in [5.41, 5.74) is 1.66. The largest absolute Gasteiger partial charge is 0.464 e. The second kappa shape index (κ2) is 9.10. The molecule has 1 aliphatic rings. The van der Waals surface area contributed by atoms with E-state index in [9.17, 15) is 9.59 Å². The number of halogens is 1. The summed E-state index contributed by atoms with van der Waals surface area (Å²) in [6.45, 7) is 2.08. The van der Waals surface area contributed by atoms with Crippen LogP contribution in [-0.4, -0.2) is 35.0 Å². The number of oxazole rings is 1. The van der Waals surface area contributed by atoms with Crippen molar-refractivity contribution in [2.75, 3.05) is 12.4 Å². The average molecular weight is 406 g/mol. The van der Waals surface area contributed by atoms with Crippen LogP contribution in [0.4, 0.5) is 10.5 Å². The third-order valence-electron chi connectivity index (χ3n) is 4.95. The van der Waals surface area contributed by atoms with Gasteiger partial charge < -0.3 is 19.4 Å². The third-order valence-corrected chi connectivity index (χ3v) is 5.36. The number of nitrogens with zero attached hydrogens (tertiary/aromatic N) is 2. The number of methoxy groups -OCH3 is 1.